The Morgan fingerprint density at radius 1 is 1.06 bits per heavy atom. The van der Waals surface area contributed by atoms with Crippen LogP contribution in [0.3, 0.4) is 0 Å². The van der Waals surface area contributed by atoms with Crippen molar-refractivity contribution >= 4 is 11.5 Å². The Morgan fingerprint density at radius 2 is 1.79 bits per heavy atom. The number of aryl methyl sites for hydroxylation is 1. The average Bonchev–Trinajstić information content (AvgIpc) is 2.85. The van der Waals surface area contributed by atoms with Crippen molar-refractivity contribution in [1.82, 2.24) is 0 Å². The van der Waals surface area contributed by atoms with E-state index in [-0.39, 0.29) is 5.78 Å². The van der Waals surface area contributed by atoms with Gasteiger partial charge in [0.2, 0.25) is 0 Å². The molecule has 6 nitrogen and oxygen atoms in total. The molecule has 0 spiro atoms. The van der Waals surface area contributed by atoms with Crippen LogP contribution in [0.5, 0.6) is 11.5 Å². The third-order valence-corrected chi connectivity index (χ3v) is 6.42. The normalized spacial score (nSPS) is 18.0. The van der Waals surface area contributed by atoms with Crippen LogP contribution in [0.15, 0.2) is 65.1 Å². The lowest BCUT2D eigenvalue weighted by molar-refractivity contribution is -0.116. The van der Waals surface area contributed by atoms with E-state index < -0.39 is 5.92 Å². The zero-order valence-corrected chi connectivity index (χ0v) is 20.1. The van der Waals surface area contributed by atoms with Crippen molar-refractivity contribution in [2.75, 3.05) is 18.1 Å². The van der Waals surface area contributed by atoms with Crippen LogP contribution in [0.2, 0.25) is 0 Å². The molecule has 2 aromatic carbocycles. The van der Waals surface area contributed by atoms with Gasteiger partial charge in [-0.15, -0.1) is 0 Å². The Balaban J connectivity index is 1.95. The Kier molecular flexibility index (Phi) is 6.93. The molecule has 0 fully saturated rings. The van der Waals surface area contributed by atoms with E-state index in [9.17, 15) is 10.1 Å². The van der Waals surface area contributed by atoms with E-state index in [0.717, 1.165) is 29.8 Å². The van der Waals surface area contributed by atoms with Crippen molar-refractivity contribution in [1.29, 1.82) is 5.26 Å². The van der Waals surface area contributed by atoms with Crippen molar-refractivity contribution in [3.8, 4) is 17.6 Å². The summed E-state index contributed by atoms with van der Waals surface area (Å²) in [4.78, 5) is 15.3. The van der Waals surface area contributed by atoms with Gasteiger partial charge in [-0.3, -0.25) is 9.69 Å². The molecule has 1 aliphatic heterocycles. The molecule has 1 unspecified atom stereocenters. The Bertz CT molecular complexity index is 1190. The van der Waals surface area contributed by atoms with Crippen molar-refractivity contribution in [3.05, 3.63) is 76.3 Å². The van der Waals surface area contributed by atoms with E-state index in [1.807, 2.05) is 49.1 Å². The molecule has 0 saturated heterocycles. The molecule has 6 heteroatoms. The number of Topliss-reactive ketones (excluding diaryl/α,β-unsaturated/α-hetero) is 1. The summed E-state index contributed by atoms with van der Waals surface area (Å²) < 4.78 is 11.7. The minimum Gasteiger partial charge on any atom is -0.494 e. The van der Waals surface area contributed by atoms with Crippen molar-refractivity contribution < 1.29 is 14.3 Å². The van der Waals surface area contributed by atoms with E-state index in [1.54, 1.807) is 0 Å². The second-order valence-corrected chi connectivity index (χ2v) is 8.40. The standard InChI is InChI=1S/C28H31N3O3/c1-4-18-10-12-19(13-11-18)31-23-8-7-9-24(32)27(23)26(22(17-29)28(31)30)21-16-20(33-5-2)14-15-25(21)34-6-3/h10-16,26H,4-9,30H2,1-3H3. The number of nitriles is 1. The topological polar surface area (TPSA) is 88.6 Å². The van der Waals surface area contributed by atoms with Crippen LogP contribution in [-0.4, -0.2) is 19.0 Å². The molecule has 34 heavy (non-hydrogen) atoms. The summed E-state index contributed by atoms with van der Waals surface area (Å²) in [6.07, 6.45) is 2.84. The highest BCUT2D eigenvalue weighted by Gasteiger charge is 2.41. The number of carbonyl (C=O) groups is 1. The van der Waals surface area contributed by atoms with E-state index in [2.05, 4.69) is 25.1 Å². The van der Waals surface area contributed by atoms with Crippen LogP contribution in [0.4, 0.5) is 5.69 Å². The van der Waals surface area contributed by atoms with Crippen molar-refractivity contribution in [2.24, 2.45) is 5.73 Å². The number of rotatable bonds is 7. The number of nitrogens with zero attached hydrogens (tertiary/aromatic N) is 2. The van der Waals surface area contributed by atoms with Crippen molar-refractivity contribution in [2.45, 2.75) is 52.4 Å². The first-order valence-corrected chi connectivity index (χ1v) is 12.0. The first-order valence-electron chi connectivity index (χ1n) is 12.0. The maximum atomic E-state index is 13.4. The van der Waals surface area contributed by atoms with Gasteiger partial charge < -0.3 is 15.2 Å². The molecule has 2 N–H and O–H groups in total. The first kappa shape index (κ1) is 23.4. The maximum Gasteiger partial charge on any atom is 0.161 e. The van der Waals surface area contributed by atoms with Crippen LogP contribution in [0, 0.1) is 11.3 Å². The third kappa shape index (κ3) is 4.14. The molecule has 0 amide bonds. The summed E-state index contributed by atoms with van der Waals surface area (Å²) in [5.41, 5.74) is 11.4. The third-order valence-electron chi connectivity index (χ3n) is 6.42. The summed E-state index contributed by atoms with van der Waals surface area (Å²) >= 11 is 0. The second kappa shape index (κ2) is 10.0. The van der Waals surface area contributed by atoms with E-state index in [4.69, 9.17) is 15.2 Å². The summed E-state index contributed by atoms with van der Waals surface area (Å²) in [5, 5.41) is 10.3. The highest BCUT2D eigenvalue weighted by Crippen LogP contribution is 2.48. The first-order chi connectivity index (χ1) is 16.5. The molecule has 1 heterocycles. The van der Waals surface area contributed by atoms with E-state index in [0.29, 0.717) is 54.5 Å². The Morgan fingerprint density at radius 3 is 2.44 bits per heavy atom. The molecule has 2 aromatic rings. The predicted molar refractivity (Wildman–Crippen MR) is 133 cm³/mol. The average molecular weight is 458 g/mol. The number of hydrogen-bond acceptors (Lipinski definition) is 6. The molecule has 0 saturated carbocycles. The number of carbonyl (C=O) groups excluding carboxylic acids is 1. The maximum absolute atomic E-state index is 13.4. The lowest BCUT2D eigenvalue weighted by Gasteiger charge is -2.40. The number of benzene rings is 2. The minimum absolute atomic E-state index is 0.0472. The zero-order valence-electron chi connectivity index (χ0n) is 20.1. The van der Waals surface area contributed by atoms with Crippen LogP contribution < -0.4 is 20.1 Å². The molecule has 1 atom stereocenters. The van der Waals surface area contributed by atoms with Gasteiger partial charge in [-0.25, -0.2) is 0 Å². The second-order valence-electron chi connectivity index (χ2n) is 8.40. The number of anilines is 1. The van der Waals surface area contributed by atoms with Crippen molar-refractivity contribution in [3.63, 3.8) is 0 Å². The number of allylic oxidation sites excluding steroid dienone is 3. The smallest absolute Gasteiger partial charge is 0.161 e. The fraction of sp³-hybridized carbons (Fsp3) is 0.357. The molecular weight excluding hydrogens is 426 g/mol. The van der Waals surface area contributed by atoms with Gasteiger partial charge >= 0.3 is 0 Å². The number of hydrogen-bond donors (Lipinski definition) is 1. The van der Waals surface area contributed by atoms with Crippen LogP contribution in [0.25, 0.3) is 0 Å². The van der Waals surface area contributed by atoms with Gasteiger partial charge in [0.25, 0.3) is 0 Å². The summed E-state index contributed by atoms with van der Waals surface area (Å²) in [5.74, 6) is 1.10. The summed E-state index contributed by atoms with van der Waals surface area (Å²) in [7, 11) is 0. The number of nitrogens with two attached hydrogens (primary N) is 1. The fourth-order valence-electron chi connectivity index (χ4n) is 4.87. The van der Waals surface area contributed by atoms with Gasteiger partial charge in [-0.1, -0.05) is 19.1 Å². The van der Waals surface area contributed by atoms with Crippen LogP contribution >= 0.6 is 0 Å². The number of ether oxygens (including phenoxy) is 2. The van der Waals surface area contributed by atoms with E-state index in [1.165, 1.54) is 5.56 Å². The SMILES string of the molecule is CCOc1ccc(OCC)c(C2C(C#N)=C(N)N(c3ccc(CC)cc3)C3=C2C(=O)CCC3)c1. The number of ketones is 1. The highest BCUT2D eigenvalue weighted by atomic mass is 16.5. The zero-order chi connectivity index (χ0) is 24.2. The van der Waals surface area contributed by atoms with Gasteiger partial charge in [0.05, 0.1) is 30.8 Å². The molecule has 0 aromatic heterocycles. The molecule has 0 bridgehead atoms. The van der Waals surface area contributed by atoms with Gasteiger partial charge in [0.15, 0.2) is 5.78 Å². The van der Waals surface area contributed by atoms with Gasteiger partial charge in [-0.2, -0.15) is 5.26 Å². The molecule has 2 aliphatic rings. The minimum atomic E-state index is -0.596. The Hall–Kier alpha value is -3.72. The largest absolute Gasteiger partial charge is 0.494 e. The van der Waals surface area contributed by atoms with Gasteiger partial charge in [0.1, 0.15) is 17.3 Å². The Labute approximate surface area is 201 Å². The summed E-state index contributed by atoms with van der Waals surface area (Å²) in [6, 6.07) is 16.0. The summed E-state index contributed by atoms with van der Waals surface area (Å²) in [6.45, 7) is 6.91. The van der Waals surface area contributed by atoms with E-state index >= 15 is 0 Å². The molecule has 0 radical (unpaired) electrons. The highest BCUT2D eigenvalue weighted by molar-refractivity contribution is 6.01. The van der Waals surface area contributed by atoms with Crippen LogP contribution in [0.1, 0.15) is 57.1 Å². The predicted octanol–water partition coefficient (Wildman–Crippen LogP) is 5.35. The van der Waals surface area contributed by atoms with Gasteiger partial charge in [-0.05, 0) is 69.0 Å². The molecule has 176 valence electrons. The van der Waals surface area contributed by atoms with Gasteiger partial charge in [0, 0.05) is 28.9 Å². The quantitative estimate of drug-likeness (QED) is 0.603. The molecule has 4 rings (SSSR count). The monoisotopic (exact) mass is 457 g/mol. The fourth-order valence-corrected chi connectivity index (χ4v) is 4.87. The lowest BCUT2D eigenvalue weighted by Crippen LogP contribution is -2.38. The molecule has 1 aliphatic carbocycles. The lowest BCUT2D eigenvalue weighted by atomic mass is 9.75. The van der Waals surface area contributed by atoms with Crippen LogP contribution in [-0.2, 0) is 11.2 Å². The molecular formula is C28H31N3O3.